The molecule has 0 aromatic carbocycles. The van der Waals surface area contributed by atoms with Gasteiger partial charge in [0.2, 0.25) is 11.6 Å². The molecular weight excluding hydrogens is 212 g/mol. The fraction of sp³-hybridized carbons (Fsp3) is 0.444. The molecule has 2 rings (SSSR count). The first-order valence-electron chi connectivity index (χ1n) is 4.81. The van der Waals surface area contributed by atoms with Crippen molar-refractivity contribution in [2.75, 3.05) is 0 Å². The van der Waals surface area contributed by atoms with E-state index in [9.17, 15) is 0 Å². The molecule has 5 nitrogen and oxygen atoms in total. The summed E-state index contributed by atoms with van der Waals surface area (Å²) in [5, 5.41) is 10.7. The molecule has 1 N–H and O–H groups in total. The van der Waals surface area contributed by atoms with Gasteiger partial charge in [0.1, 0.15) is 0 Å². The molecule has 2 aromatic rings. The van der Waals surface area contributed by atoms with Crippen LogP contribution in [0, 0.1) is 11.7 Å². The summed E-state index contributed by atoms with van der Waals surface area (Å²) >= 11 is 5.13. The van der Waals surface area contributed by atoms with Crippen LogP contribution in [0.4, 0.5) is 0 Å². The number of aryl methyl sites for hydroxylation is 1. The maximum atomic E-state index is 5.15. The Morgan fingerprint density at radius 2 is 2.40 bits per heavy atom. The molecule has 0 radical (unpaired) electrons. The third-order valence-corrected chi connectivity index (χ3v) is 2.37. The number of hydrogen-bond acceptors (Lipinski definition) is 4. The molecule has 2 aromatic heterocycles. The van der Waals surface area contributed by atoms with Crippen LogP contribution in [-0.2, 0) is 6.54 Å². The fourth-order valence-electron chi connectivity index (χ4n) is 1.41. The van der Waals surface area contributed by atoms with Gasteiger partial charge in [-0.2, -0.15) is 5.10 Å². The topological polar surface area (TPSA) is 59.6 Å². The number of nitrogens with zero attached hydrogens (tertiary/aromatic N) is 3. The number of rotatable bonds is 3. The van der Waals surface area contributed by atoms with E-state index in [1.807, 2.05) is 17.6 Å². The Balaban J connectivity index is 2.48. The predicted molar refractivity (Wildman–Crippen MR) is 57.9 cm³/mol. The highest BCUT2D eigenvalue weighted by atomic mass is 32.1. The van der Waals surface area contributed by atoms with E-state index in [1.54, 1.807) is 0 Å². The van der Waals surface area contributed by atoms with E-state index in [-0.39, 0.29) is 0 Å². The van der Waals surface area contributed by atoms with Crippen LogP contribution < -0.4 is 0 Å². The van der Waals surface area contributed by atoms with Gasteiger partial charge in [0, 0.05) is 12.6 Å². The Morgan fingerprint density at radius 1 is 1.60 bits per heavy atom. The Bertz CT molecular complexity index is 510. The van der Waals surface area contributed by atoms with Gasteiger partial charge in [-0.05, 0) is 25.6 Å². The van der Waals surface area contributed by atoms with Gasteiger partial charge >= 0.3 is 0 Å². The van der Waals surface area contributed by atoms with Crippen molar-refractivity contribution in [2.24, 2.45) is 0 Å². The van der Waals surface area contributed by atoms with E-state index in [0.717, 1.165) is 18.7 Å². The van der Waals surface area contributed by atoms with Crippen molar-refractivity contribution in [3.63, 3.8) is 0 Å². The lowest BCUT2D eigenvalue weighted by atomic mass is 10.3. The van der Waals surface area contributed by atoms with E-state index in [0.29, 0.717) is 16.4 Å². The summed E-state index contributed by atoms with van der Waals surface area (Å²) in [4.78, 5) is 0. The SMILES string of the molecule is CCCn1c(-c2cc(C)no2)n[nH]c1=S. The minimum absolute atomic E-state index is 0.612. The summed E-state index contributed by atoms with van der Waals surface area (Å²) in [5.41, 5.74) is 0.835. The smallest absolute Gasteiger partial charge is 0.204 e. The standard InChI is InChI=1S/C9H12N4OS/c1-3-4-13-8(10-11-9(13)15)7-5-6(2)12-14-7/h5H,3-4H2,1-2H3,(H,11,15). The highest BCUT2D eigenvalue weighted by Gasteiger charge is 2.12. The van der Waals surface area contributed by atoms with Crippen LogP contribution in [0.15, 0.2) is 10.6 Å². The third kappa shape index (κ3) is 1.85. The lowest BCUT2D eigenvalue weighted by Crippen LogP contribution is -1.99. The molecule has 0 spiro atoms. The number of aromatic amines is 1. The fourth-order valence-corrected chi connectivity index (χ4v) is 1.63. The second-order valence-corrected chi connectivity index (χ2v) is 3.72. The minimum atomic E-state index is 0.612. The minimum Gasteiger partial charge on any atom is -0.353 e. The van der Waals surface area contributed by atoms with Crippen molar-refractivity contribution in [1.82, 2.24) is 19.9 Å². The molecule has 0 saturated carbocycles. The summed E-state index contributed by atoms with van der Waals surface area (Å²) in [6.07, 6.45) is 0.994. The van der Waals surface area contributed by atoms with Gasteiger partial charge in [0.25, 0.3) is 0 Å². The largest absolute Gasteiger partial charge is 0.353 e. The first-order chi connectivity index (χ1) is 7.22. The average Bonchev–Trinajstić information content (AvgIpc) is 2.76. The molecule has 15 heavy (non-hydrogen) atoms. The first kappa shape index (κ1) is 10.1. The summed E-state index contributed by atoms with van der Waals surface area (Å²) < 4.78 is 7.67. The molecule has 0 bridgehead atoms. The molecule has 0 aliphatic heterocycles. The number of hydrogen-bond donors (Lipinski definition) is 1. The van der Waals surface area contributed by atoms with Crippen LogP contribution in [0.5, 0.6) is 0 Å². The van der Waals surface area contributed by atoms with Gasteiger partial charge in [0.05, 0.1) is 5.69 Å². The maximum absolute atomic E-state index is 5.15. The van der Waals surface area contributed by atoms with E-state index in [2.05, 4.69) is 22.3 Å². The van der Waals surface area contributed by atoms with Gasteiger partial charge in [-0.15, -0.1) is 0 Å². The molecule has 6 heteroatoms. The molecule has 0 fully saturated rings. The Kier molecular flexibility index (Phi) is 2.68. The van der Waals surface area contributed by atoms with E-state index in [1.165, 1.54) is 0 Å². The van der Waals surface area contributed by atoms with Crippen LogP contribution in [-0.4, -0.2) is 19.9 Å². The molecule has 2 heterocycles. The van der Waals surface area contributed by atoms with Gasteiger partial charge < -0.3 is 4.52 Å². The van der Waals surface area contributed by atoms with Crippen LogP contribution in [0.2, 0.25) is 0 Å². The van der Waals surface area contributed by atoms with E-state index >= 15 is 0 Å². The molecule has 0 aliphatic rings. The normalized spacial score (nSPS) is 10.8. The van der Waals surface area contributed by atoms with Crippen LogP contribution >= 0.6 is 12.2 Å². The third-order valence-electron chi connectivity index (χ3n) is 2.05. The Labute approximate surface area is 92.1 Å². The lowest BCUT2D eigenvalue weighted by molar-refractivity contribution is 0.422. The monoisotopic (exact) mass is 224 g/mol. The molecule has 0 amide bonds. The van der Waals surface area contributed by atoms with Gasteiger partial charge in [0.15, 0.2) is 4.77 Å². The zero-order valence-electron chi connectivity index (χ0n) is 8.65. The van der Waals surface area contributed by atoms with Crippen LogP contribution in [0.25, 0.3) is 11.6 Å². The molecular formula is C9H12N4OS. The number of H-pyrrole nitrogens is 1. The van der Waals surface area contributed by atoms with Crippen molar-refractivity contribution in [1.29, 1.82) is 0 Å². The van der Waals surface area contributed by atoms with Crippen LogP contribution in [0.3, 0.4) is 0 Å². The number of aromatic nitrogens is 4. The average molecular weight is 224 g/mol. The predicted octanol–water partition coefficient (Wildman–Crippen LogP) is 2.31. The lowest BCUT2D eigenvalue weighted by Gasteiger charge is -2.00. The van der Waals surface area contributed by atoms with Crippen molar-refractivity contribution in [3.05, 3.63) is 16.5 Å². The summed E-state index contributed by atoms with van der Waals surface area (Å²) in [7, 11) is 0. The summed E-state index contributed by atoms with van der Waals surface area (Å²) in [5.74, 6) is 1.36. The quantitative estimate of drug-likeness (QED) is 0.813. The van der Waals surface area contributed by atoms with Gasteiger partial charge in [-0.1, -0.05) is 12.1 Å². The second kappa shape index (κ2) is 3.98. The maximum Gasteiger partial charge on any atom is 0.204 e. The number of nitrogens with one attached hydrogen (secondary N) is 1. The second-order valence-electron chi connectivity index (χ2n) is 3.34. The van der Waals surface area contributed by atoms with Gasteiger partial charge in [-0.25, -0.2) is 0 Å². The molecule has 0 unspecified atom stereocenters. The highest BCUT2D eigenvalue weighted by molar-refractivity contribution is 7.71. The molecule has 0 atom stereocenters. The van der Waals surface area contributed by atoms with Crippen molar-refractivity contribution < 1.29 is 4.52 Å². The van der Waals surface area contributed by atoms with Gasteiger partial charge in [-0.3, -0.25) is 9.67 Å². The highest BCUT2D eigenvalue weighted by Crippen LogP contribution is 2.18. The zero-order valence-corrected chi connectivity index (χ0v) is 9.47. The summed E-state index contributed by atoms with van der Waals surface area (Å²) in [6.45, 7) is 4.78. The van der Waals surface area contributed by atoms with Crippen molar-refractivity contribution in [3.8, 4) is 11.6 Å². The van der Waals surface area contributed by atoms with Crippen molar-refractivity contribution in [2.45, 2.75) is 26.8 Å². The van der Waals surface area contributed by atoms with Crippen molar-refractivity contribution >= 4 is 12.2 Å². The zero-order chi connectivity index (χ0) is 10.8. The molecule has 0 saturated heterocycles. The Hall–Kier alpha value is -1.43. The Morgan fingerprint density at radius 3 is 3.00 bits per heavy atom. The molecule has 80 valence electrons. The summed E-state index contributed by atoms with van der Waals surface area (Å²) in [6, 6.07) is 1.84. The van der Waals surface area contributed by atoms with E-state index in [4.69, 9.17) is 16.7 Å². The molecule has 0 aliphatic carbocycles. The first-order valence-corrected chi connectivity index (χ1v) is 5.22. The van der Waals surface area contributed by atoms with Crippen LogP contribution in [0.1, 0.15) is 19.0 Å². The van der Waals surface area contributed by atoms with E-state index < -0.39 is 0 Å².